The summed E-state index contributed by atoms with van der Waals surface area (Å²) in [5, 5.41) is 9.69. The average Bonchev–Trinajstić information content (AvgIpc) is 3.03. The van der Waals surface area contributed by atoms with Crippen LogP contribution in [0.25, 0.3) is 11.0 Å². The molecule has 1 amide bonds. The van der Waals surface area contributed by atoms with Crippen LogP contribution in [0.5, 0.6) is 0 Å². The summed E-state index contributed by atoms with van der Waals surface area (Å²) in [6.07, 6.45) is 4.20. The third-order valence-electron chi connectivity index (χ3n) is 4.42. The van der Waals surface area contributed by atoms with Crippen LogP contribution in [0.3, 0.4) is 0 Å². The molecular weight excluding hydrogens is 292 g/mol. The summed E-state index contributed by atoms with van der Waals surface area (Å²) >= 11 is 0. The van der Waals surface area contributed by atoms with Gasteiger partial charge >= 0.3 is 5.82 Å². The van der Waals surface area contributed by atoms with Gasteiger partial charge in [-0.05, 0) is 17.5 Å². The van der Waals surface area contributed by atoms with Crippen LogP contribution in [0.4, 0.5) is 5.82 Å². The fourth-order valence-corrected chi connectivity index (χ4v) is 3.04. The monoisotopic (exact) mass is 311 g/mol. The maximum absolute atomic E-state index is 12.0. The van der Waals surface area contributed by atoms with Crippen LogP contribution in [-0.2, 0) is 4.79 Å². The van der Waals surface area contributed by atoms with Gasteiger partial charge in [-0.15, -0.1) is 0 Å². The summed E-state index contributed by atoms with van der Waals surface area (Å²) in [6, 6.07) is 3.89. The highest BCUT2D eigenvalue weighted by Crippen LogP contribution is 2.23. The quantitative estimate of drug-likeness (QED) is 0.850. The number of aromatic nitrogens is 3. The van der Waals surface area contributed by atoms with Gasteiger partial charge in [-0.1, -0.05) is 6.92 Å². The topological polar surface area (TPSA) is 88.7 Å². The first kappa shape index (κ1) is 15.2. The van der Waals surface area contributed by atoms with Crippen molar-refractivity contribution in [2.75, 3.05) is 20.1 Å². The molecule has 3 heterocycles. The molecule has 1 atom stereocenters. The number of nitrogens with one attached hydrogen (secondary N) is 1. The molecule has 1 saturated heterocycles. The summed E-state index contributed by atoms with van der Waals surface area (Å²) < 4.78 is 2.05. The third kappa shape index (κ3) is 2.80. The number of piperidine rings is 1. The molecular formula is C16H19N6O+. The third-order valence-corrected chi connectivity index (χ3v) is 4.42. The molecule has 118 valence electrons. The van der Waals surface area contributed by atoms with Crippen LogP contribution in [0, 0.1) is 17.2 Å². The average molecular weight is 311 g/mol. The molecule has 0 radical (unpaired) electrons. The number of nitrogens with zero attached hydrogens (tertiary/aromatic N) is 5. The molecule has 0 bridgehead atoms. The predicted molar refractivity (Wildman–Crippen MR) is 85.3 cm³/mol. The molecule has 23 heavy (non-hydrogen) atoms. The van der Waals surface area contributed by atoms with Crippen molar-refractivity contribution < 1.29 is 9.37 Å². The Bertz CT molecular complexity index is 815. The first-order valence-electron chi connectivity index (χ1n) is 7.64. The highest BCUT2D eigenvalue weighted by molar-refractivity contribution is 5.92. The smallest absolute Gasteiger partial charge is 0.335 e. The number of nitriles is 1. The SMILES string of the molecule is C[C@@H]1CCN(C(=O)CC#N)CC1=[N+](C)c1ncnc2[nH]ccc12. The molecule has 1 fully saturated rings. The van der Waals surface area contributed by atoms with Gasteiger partial charge in [-0.25, -0.2) is 4.58 Å². The van der Waals surface area contributed by atoms with Gasteiger partial charge in [0.1, 0.15) is 23.2 Å². The second-order valence-corrected chi connectivity index (χ2v) is 5.83. The largest absolute Gasteiger partial charge is 0.346 e. The Hall–Kier alpha value is -2.75. The van der Waals surface area contributed by atoms with E-state index in [-0.39, 0.29) is 12.3 Å². The molecule has 2 aromatic heterocycles. The van der Waals surface area contributed by atoms with Crippen molar-refractivity contribution in [1.29, 1.82) is 5.26 Å². The Balaban J connectivity index is 1.99. The number of rotatable bonds is 2. The number of hydrogen-bond donors (Lipinski definition) is 1. The van der Waals surface area contributed by atoms with Gasteiger partial charge < -0.3 is 9.88 Å². The molecule has 7 nitrogen and oxygen atoms in total. The van der Waals surface area contributed by atoms with Gasteiger partial charge in [0, 0.05) is 18.7 Å². The van der Waals surface area contributed by atoms with Gasteiger partial charge in [0.2, 0.25) is 12.2 Å². The molecule has 0 aromatic carbocycles. The van der Waals surface area contributed by atoms with Crippen molar-refractivity contribution in [2.45, 2.75) is 19.8 Å². The van der Waals surface area contributed by atoms with E-state index < -0.39 is 0 Å². The van der Waals surface area contributed by atoms with Crippen LogP contribution < -0.4 is 0 Å². The lowest BCUT2D eigenvalue weighted by Gasteiger charge is -2.31. The Morgan fingerprint density at radius 2 is 2.39 bits per heavy atom. The Morgan fingerprint density at radius 3 is 3.17 bits per heavy atom. The first-order valence-corrected chi connectivity index (χ1v) is 7.64. The molecule has 1 aliphatic heterocycles. The fraction of sp³-hybridized carbons (Fsp3) is 0.438. The maximum atomic E-state index is 12.0. The number of aromatic amines is 1. The molecule has 0 unspecified atom stereocenters. The van der Waals surface area contributed by atoms with Gasteiger partial charge in [-0.3, -0.25) is 4.79 Å². The number of likely N-dealkylation sites (tertiary alicyclic amines) is 1. The summed E-state index contributed by atoms with van der Waals surface area (Å²) in [4.78, 5) is 25.5. The van der Waals surface area contributed by atoms with E-state index in [1.165, 1.54) is 6.33 Å². The summed E-state index contributed by atoms with van der Waals surface area (Å²) in [5.41, 5.74) is 1.92. The van der Waals surface area contributed by atoms with Crippen LogP contribution in [-0.4, -0.2) is 56.2 Å². The Morgan fingerprint density at radius 1 is 1.57 bits per heavy atom. The van der Waals surface area contributed by atoms with Crippen molar-refractivity contribution in [1.82, 2.24) is 19.9 Å². The molecule has 0 saturated carbocycles. The fourth-order valence-electron chi connectivity index (χ4n) is 3.04. The zero-order chi connectivity index (χ0) is 16.4. The molecule has 2 aromatic rings. The van der Waals surface area contributed by atoms with Crippen LogP contribution >= 0.6 is 0 Å². The summed E-state index contributed by atoms with van der Waals surface area (Å²) in [5.74, 6) is 1.07. The number of H-pyrrole nitrogens is 1. The van der Waals surface area contributed by atoms with Crippen molar-refractivity contribution in [2.24, 2.45) is 5.92 Å². The second kappa shape index (κ2) is 6.16. The number of fused-ring (bicyclic) bond motifs is 1. The van der Waals surface area contributed by atoms with Crippen molar-refractivity contribution in [3.63, 3.8) is 0 Å². The van der Waals surface area contributed by atoms with E-state index in [4.69, 9.17) is 5.26 Å². The Kier molecular flexibility index (Phi) is 4.06. The van der Waals surface area contributed by atoms with E-state index >= 15 is 0 Å². The van der Waals surface area contributed by atoms with Crippen molar-refractivity contribution in [3.05, 3.63) is 18.6 Å². The molecule has 0 spiro atoms. The van der Waals surface area contributed by atoms with E-state index in [1.54, 1.807) is 4.90 Å². The van der Waals surface area contributed by atoms with Gasteiger partial charge in [0.05, 0.1) is 19.7 Å². The number of carbonyl (C=O) groups excluding carboxylic acids is 1. The standard InChI is InChI=1S/C16H19N6O/c1-11-5-8-22(14(23)3-6-17)9-13(11)21(2)16-12-4-7-18-15(12)19-10-20-16/h4,7,10-11H,3,5,8-9H2,1-2H3,(H,18,19,20)/q+1/t11-/m1/s1. The highest BCUT2D eigenvalue weighted by atomic mass is 16.2. The lowest BCUT2D eigenvalue weighted by molar-refractivity contribution is -0.412. The minimum Gasteiger partial charge on any atom is -0.346 e. The molecule has 0 aliphatic carbocycles. The molecule has 1 N–H and O–H groups in total. The Labute approximate surface area is 134 Å². The summed E-state index contributed by atoms with van der Waals surface area (Å²) in [7, 11) is 1.97. The number of hydrogen-bond acceptors (Lipinski definition) is 4. The maximum Gasteiger partial charge on any atom is 0.335 e. The van der Waals surface area contributed by atoms with E-state index in [0.717, 1.165) is 29.0 Å². The minimum absolute atomic E-state index is 0.0685. The van der Waals surface area contributed by atoms with E-state index in [9.17, 15) is 4.79 Å². The van der Waals surface area contributed by atoms with Crippen LogP contribution in [0.1, 0.15) is 19.8 Å². The normalized spacial score (nSPS) is 20.4. The lowest BCUT2D eigenvalue weighted by atomic mass is 9.96. The van der Waals surface area contributed by atoms with Crippen LogP contribution in [0.2, 0.25) is 0 Å². The molecule has 3 rings (SSSR count). The van der Waals surface area contributed by atoms with Gasteiger partial charge in [0.15, 0.2) is 0 Å². The minimum atomic E-state index is -0.111. The van der Waals surface area contributed by atoms with E-state index in [1.807, 2.05) is 30.0 Å². The van der Waals surface area contributed by atoms with E-state index in [2.05, 4.69) is 21.9 Å². The number of carbonyl (C=O) groups is 1. The van der Waals surface area contributed by atoms with Crippen molar-refractivity contribution in [3.8, 4) is 6.07 Å². The molecule has 1 aliphatic rings. The van der Waals surface area contributed by atoms with Crippen molar-refractivity contribution >= 4 is 28.5 Å². The van der Waals surface area contributed by atoms with Gasteiger partial charge in [-0.2, -0.15) is 10.2 Å². The second-order valence-electron chi connectivity index (χ2n) is 5.83. The summed E-state index contributed by atoms with van der Waals surface area (Å²) in [6.45, 7) is 3.39. The van der Waals surface area contributed by atoms with Gasteiger partial charge in [0.25, 0.3) is 0 Å². The zero-order valence-corrected chi connectivity index (χ0v) is 13.3. The highest BCUT2D eigenvalue weighted by Gasteiger charge is 2.30. The first-order chi connectivity index (χ1) is 11.1. The molecule has 7 heteroatoms. The lowest BCUT2D eigenvalue weighted by Crippen LogP contribution is -2.45. The van der Waals surface area contributed by atoms with Crippen LogP contribution in [0.15, 0.2) is 18.6 Å². The number of amides is 1. The predicted octanol–water partition coefficient (Wildman–Crippen LogP) is 1.45. The van der Waals surface area contributed by atoms with E-state index in [0.29, 0.717) is 19.0 Å². The zero-order valence-electron chi connectivity index (χ0n) is 13.3.